The Hall–Kier alpha value is -1.78. The van der Waals surface area contributed by atoms with Gasteiger partial charge in [0.05, 0.1) is 17.2 Å². The smallest absolute Gasteiger partial charge is 0.251 e. The first-order valence-electron chi connectivity index (χ1n) is 6.07. The van der Waals surface area contributed by atoms with E-state index in [9.17, 15) is 9.18 Å². The molecule has 2 rings (SSSR count). The van der Waals surface area contributed by atoms with Gasteiger partial charge < -0.3 is 10.1 Å². The maximum absolute atomic E-state index is 13.0. The van der Waals surface area contributed by atoms with Crippen LogP contribution >= 0.6 is 23.2 Å². The predicted molar refractivity (Wildman–Crippen MR) is 80.6 cm³/mol. The number of benzene rings is 2. The lowest BCUT2D eigenvalue weighted by Crippen LogP contribution is -2.22. The first kappa shape index (κ1) is 15.6. The van der Waals surface area contributed by atoms with E-state index < -0.39 is 0 Å². The third-order valence-corrected chi connectivity index (χ3v) is 3.37. The van der Waals surface area contributed by atoms with Crippen molar-refractivity contribution in [3.05, 3.63) is 63.4 Å². The van der Waals surface area contributed by atoms with Crippen LogP contribution in [0, 0.1) is 5.82 Å². The van der Waals surface area contributed by atoms with Crippen LogP contribution in [0.5, 0.6) is 5.75 Å². The van der Waals surface area contributed by atoms with Crippen LogP contribution in [0.2, 0.25) is 10.0 Å². The van der Waals surface area contributed by atoms with E-state index in [2.05, 4.69) is 5.32 Å². The summed E-state index contributed by atoms with van der Waals surface area (Å²) in [4.78, 5) is 12.0. The Morgan fingerprint density at radius 3 is 2.48 bits per heavy atom. The summed E-state index contributed by atoms with van der Waals surface area (Å²) in [6.45, 7) is 0.206. The fraction of sp³-hybridized carbons (Fsp3) is 0.133. The van der Waals surface area contributed by atoms with Crippen molar-refractivity contribution < 1.29 is 13.9 Å². The Kier molecular flexibility index (Phi) is 5.04. The van der Waals surface area contributed by atoms with Gasteiger partial charge >= 0.3 is 0 Å². The zero-order chi connectivity index (χ0) is 15.4. The number of halogens is 3. The molecule has 0 bridgehead atoms. The van der Waals surface area contributed by atoms with Gasteiger partial charge in [0.25, 0.3) is 5.91 Å². The molecule has 0 atom stereocenters. The summed E-state index contributed by atoms with van der Waals surface area (Å²) in [5, 5.41) is 3.17. The maximum Gasteiger partial charge on any atom is 0.251 e. The zero-order valence-corrected chi connectivity index (χ0v) is 12.6. The summed E-state index contributed by atoms with van der Waals surface area (Å²) in [6, 6.07) is 8.93. The molecule has 3 nitrogen and oxygen atoms in total. The van der Waals surface area contributed by atoms with Crippen LogP contribution in [0.4, 0.5) is 4.39 Å². The molecule has 2 aromatic carbocycles. The molecule has 21 heavy (non-hydrogen) atoms. The van der Waals surface area contributed by atoms with Gasteiger partial charge in [0.1, 0.15) is 5.82 Å². The van der Waals surface area contributed by atoms with Crippen molar-refractivity contribution in [1.82, 2.24) is 5.32 Å². The summed E-state index contributed by atoms with van der Waals surface area (Å²) in [5.74, 6) is -0.386. The van der Waals surface area contributed by atoms with Crippen LogP contribution in [0.3, 0.4) is 0 Å². The van der Waals surface area contributed by atoms with Crippen molar-refractivity contribution in [2.75, 3.05) is 7.11 Å². The van der Waals surface area contributed by atoms with E-state index in [4.69, 9.17) is 27.9 Å². The van der Waals surface area contributed by atoms with Gasteiger partial charge in [0.15, 0.2) is 5.75 Å². The van der Waals surface area contributed by atoms with Gasteiger partial charge in [0.2, 0.25) is 0 Å². The van der Waals surface area contributed by atoms with Crippen molar-refractivity contribution in [2.45, 2.75) is 6.54 Å². The number of hydrogen-bond donors (Lipinski definition) is 1. The monoisotopic (exact) mass is 327 g/mol. The Balaban J connectivity index is 2.10. The Labute approximate surface area is 131 Å². The molecule has 0 saturated heterocycles. The molecule has 0 unspecified atom stereocenters. The van der Waals surface area contributed by atoms with E-state index in [0.29, 0.717) is 16.9 Å². The summed E-state index contributed by atoms with van der Waals surface area (Å²) < 4.78 is 18.1. The van der Waals surface area contributed by atoms with Crippen LogP contribution in [-0.4, -0.2) is 13.0 Å². The van der Waals surface area contributed by atoms with Gasteiger partial charge in [-0.15, -0.1) is 0 Å². The topological polar surface area (TPSA) is 38.3 Å². The highest BCUT2D eigenvalue weighted by molar-refractivity contribution is 6.37. The Bertz CT molecular complexity index is 653. The predicted octanol–water partition coefficient (Wildman–Crippen LogP) is 4.07. The fourth-order valence-corrected chi connectivity index (χ4v) is 2.46. The minimum Gasteiger partial charge on any atom is -0.494 e. The number of carbonyl (C=O) groups excluding carboxylic acids is 1. The molecular formula is C15H12Cl2FNO2. The molecule has 0 aliphatic heterocycles. The standard InChI is InChI=1S/C15H12Cl2FNO2/c1-21-14-12(16)6-10(7-13(14)17)15(20)19-8-9-3-2-4-11(18)5-9/h2-7H,8H2,1H3,(H,19,20). The number of ether oxygens (including phenoxy) is 1. The second-order valence-electron chi connectivity index (χ2n) is 4.29. The molecule has 0 aliphatic rings. The molecule has 0 radical (unpaired) electrons. The average molecular weight is 328 g/mol. The quantitative estimate of drug-likeness (QED) is 0.919. The second-order valence-corrected chi connectivity index (χ2v) is 5.10. The second kappa shape index (κ2) is 6.78. The summed E-state index contributed by atoms with van der Waals surface area (Å²) in [5.41, 5.74) is 0.969. The van der Waals surface area contributed by atoms with Gasteiger partial charge in [-0.1, -0.05) is 35.3 Å². The van der Waals surface area contributed by atoms with Gasteiger partial charge in [-0.2, -0.15) is 0 Å². The highest BCUT2D eigenvalue weighted by atomic mass is 35.5. The molecule has 2 aromatic rings. The first-order chi connectivity index (χ1) is 10.0. The van der Waals surface area contributed by atoms with Crippen molar-refractivity contribution in [1.29, 1.82) is 0 Å². The van der Waals surface area contributed by atoms with Crippen LogP contribution in [0.15, 0.2) is 36.4 Å². The molecule has 6 heteroatoms. The lowest BCUT2D eigenvalue weighted by molar-refractivity contribution is 0.0951. The van der Waals surface area contributed by atoms with E-state index in [-0.39, 0.29) is 28.3 Å². The Morgan fingerprint density at radius 2 is 1.90 bits per heavy atom. The number of amides is 1. The summed E-state index contributed by atoms with van der Waals surface area (Å²) >= 11 is 12.0. The van der Waals surface area contributed by atoms with Crippen LogP contribution in [0.1, 0.15) is 15.9 Å². The van der Waals surface area contributed by atoms with Crippen molar-refractivity contribution in [3.63, 3.8) is 0 Å². The van der Waals surface area contributed by atoms with Crippen molar-refractivity contribution >= 4 is 29.1 Å². The molecule has 0 saturated carbocycles. The van der Waals surface area contributed by atoms with E-state index in [1.165, 1.54) is 31.4 Å². The molecular weight excluding hydrogens is 316 g/mol. The minimum atomic E-state index is -0.356. The number of rotatable bonds is 4. The normalized spacial score (nSPS) is 10.3. The van der Waals surface area contributed by atoms with Gasteiger partial charge in [0, 0.05) is 12.1 Å². The third kappa shape index (κ3) is 3.86. The minimum absolute atomic E-state index is 0.206. The van der Waals surface area contributed by atoms with Gasteiger partial charge in [-0.25, -0.2) is 4.39 Å². The third-order valence-electron chi connectivity index (χ3n) is 2.81. The molecule has 0 aromatic heterocycles. The van der Waals surface area contributed by atoms with Gasteiger partial charge in [-0.3, -0.25) is 4.79 Å². The van der Waals surface area contributed by atoms with Crippen LogP contribution in [0.25, 0.3) is 0 Å². The number of hydrogen-bond acceptors (Lipinski definition) is 2. The van der Waals surface area contributed by atoms with Gasteiger partial charge in [-0.05, 0) is 29.8 Å². The lowest BCUT2D eigenvalue weighted by atomic mass is 10.2. The molecule has 1 amide bonds. The van der Waals surface area contributed by atoms with Crippen LogP contribution < -0.4 is 10.1 Å². The highest BCUT2D eigenvalue weighted by Gasteiger charge is 2.13. The molecule has 0 aliphatic carbocycles. The highest BCUT2D eigenvalue weighted by Crippen LogP contribution is 2.33. The number of methoxy groups -OCH3 is 1. The number of nitrogens with one attached hydrogen (secondary N) is 1. The fourth-order valence-electron chi connectivity index (χ4n) is 1.82. The van der Waals surface area contributed by atoms with Crippen molar-refractivity contribution in [2.24, 2.45) is 0 Å². The average Bonchev–Trinajstić information content (AvgIpc) is 2.44. The molecule has 0 fully saturated rings. The van der Waals surface area contributed by atoms with E-state index in [0.717, 1.165) is 0 Å². The van der Waals surface area contributed by atoms with Crippen LogP contribution in [-0.2, 0) is 6.54 Å². The first-order valence-corrected chi connectivity index (χ1v) is 6.82. The number of carbonyl (C=O) groups is 1. The van der Waals surface area contributed by atoms with E-state index >= 15 is 0 Å². The Morgan fingerprint density at radius 1 is 1.24 bits per heavy atom. The largest absolute Gasteiger partial charge is 0.494 e. The molecule has 110 valence electrons. The molecule has 1 N–H and O–H groups in total. The SMILES string of the molecule is COc1c(Cl)cc(C(=O)NCc2cccc(F)c2)cc1Cl. The van der Waals surface area contributed by atoms with Crippen molar-refractivity contribution in [3.8, 4) is 5.75 Å². The van der Waals surface area contributed by atoms with E-state index in [1.54, 1.807) is 12.1 Å². The molecule has 0 heterocycles. The summed E-state index contributed by atoms with van der Waals surface area (Å²) in [7, 11) is 1.44. The lowest BCUT2D eigenvalue weighted by Gasteiger charge is -2.09. The van der Waals surface area contributed by atoms with E-state index in [1.807, 2.05) is 0 Å². The summed E-state index contributed by atoms with van der Waals surface area (Å²) in [6.07, 6.45) is 0. The maximum atomic E-state index is 13.0. The molecule has 0 spiro atoms. The zero-order valence-electron chi connectivity index (χ0n) is 11.1.